The van der Waals surface area contributed by atoms with Gasteiger partial charge < -0.3 is 10.1 Å². The van der Waals surface area contributed by atoms with Gasteiger partial charge in [0.05, 0.1) is 0 Å². The summed E-state index contributed by atoms with van der Waals surface area (Å²) in [5, 5.41) is 8.87. The monoisotopic (exact) mass is 223 g/mol. The van der Waals surface area contributed by atoms with E-state index in [4.69, 9.17) is 16.7 Å². The predicted molar refractivity (Wildman–Crippen MR) is 59.3 cm³/mol. The lowest BCUT2D eigenvalue weighted by Gasteiger charge is -2.02. The Balaban J connectivity index is 2.32. The van der Waals surface area contributed by atoms with Gasteiger partial charge in [-0.2, -0.15) is 0 Å². The number of aromatic nitrogens is 1. The summed E-state index contributed by atoms with van der Waals surface area (Å²) >= 11 is 5.69. The first-order valence-electron chi connectivity index (χ1n) is 4.60. The third kappa shape index (κ3) is 1.97. The predicted octanol–water partition coefficient (Wildman–Crippen LogP) is 2.40. The summed E-state index contributed by atoms with van der Waals surface area (Å²) in [4.78, 5) is 13.7. The molecule has 4 heteroatoms. The summed E-state index contributed by atoms with van der Waals surface area (Å²) in [5.74, 6) is -0.984. The molecule has 0 aliphatic rings. The fraction of sp³-hybridized carbons (Fsp3) is 0.182. The molecule has 1 aromatic heterocycles. The lowest BCUT2D eigenvalue weighted by Crippen LogP contribution is -2.15. The van der Waals surface area contributed by atoms with Crippen LogP contribution in [-0.4, -0.2) is 21.4 Å². The van der Waals surface area contributed by atoms with Crippen molar-refractivity contribution in [2.24, 2.45) is 0 Å². The first kappa shape index (κ1) is 10.1. The zero-order valence-corrected chi connectivity index (χ0v) is 8.66. The molecule has 0 radical (unpaired) electrons. The number of aromatic amines is 1. The molecule has 2 aromatic rings. The van der Waals surface area contributed by atoms with Crippen LogP contribution in [0.1, 0.15) is 5.56 Å². The molecule has 0 fully saturated rings. The highest BCUT2D eigenvalue weighted by atomic mass is 35.5. The number of hydrogen-bond donors (Lipinski definition) is 2. The van der Waals surface area contributed by atoms with Gasteiger partial charge in [-0.3, -0.25) is 4.79 Å². The van der Waals surface area contributed by atoms with Crippen molar-refractivity contribution in [2.75, 3.05) is 0 Å². The van der Waals surface area contributed by atoms with Gasteiger partial charge in [-0.15, -0.1) is 11.6 Å². The molecule has 1 heterocycles. The quantitative estimate of drug-likeness (QED) is 0.786. The zero-order valence-electron chi connectivity index (χ0n) is 7.90. The van der Waals surface area contributed by atoms with E-state index in [9.17, 15) is 4.79 Å². The van der Waals surface area contributed by atoms with Crippen LogP contribution in [0.25, 0.3) is 10.9 Å². The first-order valence-corrected chi connectivity index (χ1v) is 5.04. The van der Waals surface area contributed by atoms with Gasteiger partial charge in [0.15, 0.2) is 0 Å². The van der Waals surface area contributed by atoms with Crippen LogP contribution in [0.4, 0.5) is 0 Å². The number of carbonyl (C=O) groups is 1. The standard InChI is InChI=1S/C11H10ClNO2/c12-9(11(14)15)5-7-6-13-10-4-2-1-3-8(7)10/h1-4,6,9,13H,5H2,(H,14,15). The molecular weight excluding hydrogens is 214 g/mol. The Morgan fingerprint density at radius 2 is 2.20 bits per heavy atom. The third-order valence-electron chi connectivity index (χ3n) is 2.34. The number of nitrogens with one attached hydrogen (secondary N) is 1. The lowest BCUT2D eigenvalue weighted by atomic mass is 10.1. The van der Waals surface area contributed by atoms with Gasteiger partial charge in [0.2, 0.25) is 0 Å². The highest BCUT2D eigenvalue weighted by molar-refractivity contribution is 6.29. The summed E-state index contributed by atoms with van der Waals surface area (Å²) in [7, 11) is 0. The molecular formula is C11H10ClNO2. The molecule has 0 saturated heterocycles. The van der Waals surface area contributed by atoms with Gasteiger partial charge in [0, 0.05) is 23.5 Å². The number of H-pyrrole nitrogens is 1. The number of hydrogen-bond acceptors (Lipinski definition) is 1. The second-order valence-electron chi connectivity index (χ2n) is 3.37. The van der Waals surface area contributed by atoms with Crippen molar-refractivity contribution in [3.63, 3.8) is 0 Å². The number of carboxylic acid groups (broad SMARTS) is 1. The topological polar surface area (TPSA) is 53.1 Å². The van der Waals surface area contributed by atoms with E-state index in [0.29, 0.717) is 6.42 Å². The van der Waals surface area contributed by atoms with E-state index < -0.39 is 11.3 Å². The van der Waals surface area contributed by atoms with Crippen molar-refractivity contribution in [1.82, 2.24) is 4.98 Å². The van der Waals surface area contributed by atoms with Gasteiger partial charge >= 0.3 is 5.97 Å². The Morgan fingerprint density at radius 3 is 2.93 bits per heavy atom. The molecule has 0 amide bonds. The van der Waals surface area contributed by atoms with Gasteiger partial charge in [0.1, 0.15) is 5.38 Å². The summed E-state index contributed by atoms with van der Waals surface area (Å²) in [6, 6.07) is 7.75. The Kier molecular flexibility index (Phi) is 2.64. The number of fused-ring (bicyclic) bond motifs is 1. The van der Waals surface area contributed by atoms with E-state index >= 15 is 0 Å². The average molecular weight is 224 g/mol. The van der Waals surface area contributed by atoms with Gasteiger partial charge in [0.25, 0.3) is 0 Å². The van der Waals surface area contributed by atoms with E-state index in [2.05, 4.69) is 4.98 Å². The van der Waals surface area contributed by atoms with E-state index in [0.717, 1.165) is 16.5 Å². The normalized spacial score (nSPS) is 12.9. The van der Waals surface area contributed by atoms with Crippen molar-refractivity contribution in [2.45, 2.75) is 11.8 Å². The maximum atomic E-state index is 10.6. The molecule has 0 spiro atoms. The van der Waals surface area contributed by atoms with Crippen molar-refractivity contribution in [1.29, 1.82) is 0 Å². The molecule has 1 unspecified atom stereocenters. The SMILES string of the molecule is O=C(O)C(Cl)Cc1c[nH]c2ccccc12. The number of aliphatic carboxylic acids is 1. The maximum Gasteiger partial charge on any atom is 0.321 e. The van der Waals surface area contributed by atoms with Crippen molar-refractivity contribution < 1.29 is 9.90 Å². The minimum absolute atomic E-state index is 0.334. The van der Waals surface area contributed by atoms with Crippen LogP contribution in [0.15, 0.2) is 30.5 Å². The van der Waals surface area contributed by atoms with E-state index in [1.807, 2.05) is 30.5 Å². The molecule has 0 saturated carbocycles. The number of halogens is 1. The highest BCUT2D eigenvalue weighted by Gasteiger charge is 2.16. The Morgan fingerprint density at radius 1 is 1.47 bits per heavy atom. The smallest absolute Gasteiger partial charge is 0.321 e. The number of para-hydroxylation sites is 1. The van der Waals surface area contributed by atoms with Crippen molar-refractivity contribution >= 4 is 28.5 Å². The minimum Gasteiger partial charge on any atom is -0.480 e. The Labute approximate surface area is 91.7 Å². The number of alkyl halides is 1. The summed E-state index contributed by atoms with van der Waals surface area (Å²) in [6.45, 7) is 0. The molecule has 0 aliphatic heterocycles. The average Bonchev–Trinajstić information content (AvgIpc) is 2.62. The van der Waals surface area contributed by atoms with E-state index in [1.54, 1.807) is 0 Å². The second-order valence-corrected chi connectivity index (χ2v) is 3.90. The van der Waals surface area contributed by atoms with Crippen LogP contribution < -0.4 is 0 Å². The number of benzene rings is 1. The molecule has 78 valence electrons. The summed E-state index contributed by atoms with van der Waals surface area (Å²) in [6.07, 6.45) is 2.14. The molecule has 2 N–H and O–H groups in total. The lowest BCUT2D eigenvalue weighted by molar-refractivity contribution is -0.136. The maximum absolute atomic E-state index is 10.6. The molecule has 2 rings (SSSR count). The minimum atomic E-state index is -0.984. The molecule has 3 nitrogen and oxygen atoms in total. The van der Waals surface area contributed by atoms with Gasteiger partial charge in [-0.05, 0) is 11.6 Å². The molecule has 15 heavy (non-hydrogen) atoms. The first-order chi connectivity index (χ1) is 7.18. The fourth-order valence-corrected chi connectivity index (χ4v) is 1.75. The Hall–Kier alpha value is -1.48. The van der Waals surface area contributed by atoms with Crippen LogP contribution in [0.2, 0.25) is 0 Å². The van der Waals surface area contributed by atoms with Crippen LogP contribution >= 0.6 is 11.6 Å². The number of carboxylic acids is 1. The zero-order chi connectivity index (χ0) is 10.8. The summed E-state index contributed by atoms with van der Waals surface area (Å²) in [5.41, 5.74) is 1.94. The van der Waals surface area contributed by atoms with E-state index in [1.165, 1.54) is 0 Å². The van der Waals surface area contributed by atoms with Crippen LogP contribution in [0.3, 0.4) is 0 Å². The second kappa shape index (κ2) is 3.95. The van der Waals surface area contributed by atoms with Crippen molar-refractivity contribution in [3.8, 4) is 0 Å². The van der Waals surface area contributed by atoms with Gasteiger partial charge in [-0.1, -0.05) is 18.2 Å². The molecule has 0 aliphatic carbocycles. The van der Waals surface area contributed by atoms with E-state index in [-0.39, 0.29) is 0 Å². The fourth-order valence-electron chi connectivity index (χ4n) is 1.58. The highest BCUT2D eigenvalue weighted by Crippen LogP contribution is 2.20. The number of rotatable bonds is 3. The van der Waals surface area contributed by atoms with Crippen LogP contribution in [-0.2, 0) is 11.2 Å². The van der Waals surface area contributed by atoms with Crippen LogP contribution in [0.5, 0.6) is 0 Å². The van der Waals surface area contributed by atoms with Crippen LogP contribution in [0, 0.1) is 0 Å². The Bertz CT molecular complexity index is 492. The van der Waals surface area contributed by atoms with Crippen molar-refractivity contribution in [3.05, 3.63) is 36.0 Å². The summed E-state index contributed by atoms with van der Waals surface area (Å²) < 4.78 is 0. The molecule has 0 bridgehead atoms. The molecule has 1 atom stereocenters. The van der Waals surface area contributed by atoms with Gasteiger partial charge in [-0.25, -0.2) is 0 Å². The molecule has 1 aromatic carbocycles. The third-order valence-corrected chi connectivity index (χ3v) is 2.68. The largest absolute Gasteiger partial charge is 0.480 e.